The first-order valence-electron chi connectivity index (χ1n) is 15.5. The van der Waals surface area contributed by atoms with E-state index in [9.17, 15) is 15.3 Å². The van der Waals surface area contributed by atoms with E-state index in [0.29, 0.717) is 54.7 Å². The van der Waals surface area contributed by atoms with Crippen LogP contribution in [0.4, 0.5) is 10.1 Å². The molecule has 2 saturated heterocycles. The fourth-order valence-corrected chi connectivity index (χ4v) is 7.68. The van der Waals surface area contributed by atoms with Gasteiger partial charge in [0.15, 0.2) is 5.82 Å². The molecule has 2 unspecified atom stereocenters. The van der Waals surface area contributed by atoms with Crippen LogP contribution < -0.4 is 9.64 Å². The van der Waals surface area contributed by atoms with Crippen LogP contribution in [0.3, 0.4) is 0 Å². The quantitative estimate of drug-likeness (QED) is 0.351. The summed E-state index contributed by atoms with van der Waals surface area (Å²) in [5.41, 5.74) is 4.92. The van der Waals surface area contributed by atoms with Crippen LogP contribution in [0.2, 0.25) is 0 Å². The standard InChI is InChI=1S/C35H35FN6O2/c1-3-30(43)42-15-14-41(19-23(42)11-12-37)34-27-10-9-26(25-8-4-6-21-16-22-17-28(22)31(21)25)32(36)33(27)39-35(29(34)18-38)44-20-24-7-5-13-40(24)2/h3-4,6,8-10,22-24,28H,1,5,7,11,13-17,19-20H2,2H3/t22?,23-,24-,28?/m0/s1. The minimum absolute atomic E-state index is 0.119. The number of nitriles is 2. The topological polar surface area (TPSA) is 96.5 Å². The van der Waals surface area contributed by atoms with E-state index < -0.39 is 11.9 Å². The number of halogens is 1. The molecule has 9 heteroatoms. The van der Waals surface area contributed by atoms with E-state index in [1.165, 1.54) is 17.2 Å². The van der Waals surface area contributed by atoms with Crippen molar-refractivity contribution in [3.63, 3.8) is 0 Å². The highest BCUT2D eigenvalue weighted by Crippen LogP contribution is 2.59. The Balaban J connectivity index is 1.36. The molecule has 2 aromatic carbocycles. The zero-order chi connectivity index (χ0) is 30.5. The van der Waals surface area contributed by atoms with E-state index in [0.717, 1.165) is 37.8 Å². The number of piperazine rings is 1. The summed E-state index contributed by atoms with van der Waals surface area (Å²) < 4.78 is 23.1. The van der Waals surface area contributed by atoms with Crippen LogP contribution in [0.1, 0.15) is 48.3 Å². The number of nitrogens with zero attached hydrogens (tertiary/aromatic N) is 6. The first-order valence-corrected chi connectivity index (χ1v) is 15.5. The third-order valence-electron chi connectivity index (χ3n) is 10.1. The molecule has 3 aromatic rings. The summed E-state index contributed by atoms with van der Waals surface area (Å²) in [6, 6.07) is 14.1. The highest BCUT2D eigenvalue weighted by atomic mass is 19.1. The number of rotatable bonds is 7. The van der Waals surface area contributed by atoms with Crippen molar-refractivity contribution in [1.29, 1.82) is 10.5 Å². The zero-order valence-corrected chi connectivity index (χ0v) is 24.9. The maximum atomic E-state index is 16.8. The normalized spacial score (nSPS) is 24.0. The fourth-order valence-electron chi connectivity index (χ4n) is 7.68. The molecule has 0 radical (unpaired) electrons. The van der Waals surface area contributed by atoms with Gasteiger partial charge < -0.3 is 19.4 Å². The lowest BCUT2D eigenvalue weighted by Crippen LogP contribution is -2.55. The molecule has 0 bridgehead atoms. The second-order valence-corrected chi connectivity index (χ2v) is 12.5. The van der Waals surface area contributed by atoms with Crippen molar-refractivity contribution >= 4 is 22.5 Å². The summed E-state index contributed by atoms with van der Waals surface area (Å²) in [6.07, 6.45) is 5.64. The molecule has 3 fully saturated rings. The van der Waals surface area contributed by atoms with Gasteiger partial charge in [-0.25, -0.2) is 9.37 Å². The number of fused-ring (bicyclic) bond motifs is 4. The lowest BCUT2D eigenvalue weighted by Gasteiger charge is -2.42. The number of likely N-dealkylation sites (tertiary alicyclic amines) is 1. The lowest BCUT2D eigenvalue weighted by atomic mass is 9.92. The van der Waals surface area contributed by atoms with E-state index in [1.807, 2.05) is 29.2 Å². The Labute approximate surface area is 256 Å². The molecule has 4 aliphatic rings. The first kappa shape index (κ1) is 28.3. The van der Waals surface area contributed by atoms with Gasteiger partial charge in [-0.05, 0) is 79.9 Å². The summed E-state index contributed by atoms with van der Waals surface area (Å²) >= 11 is 0. The number of ether oxygens (including phenoxy) is 1. The molecule has 224 valence electrons. The number of amides is 1. The lowest BCUT2D eigenvalue weighted by molar-refractivity contribution is -0.128. The SMILES string of the molecule is C=CC(=O)N1CCN(c2c(C#N)c(OC[C@@H]3CCCN3C)nc3c(F)c(-c4cccc5c4C4CC4C5)ccc23)C[C@@H]1CC#N. The second kappa shape index (κ2) is 11.2. The molecule has 3 heterocycles. The minimum Gasteiger partial charge on any atom is -0.475 e. The molecule has 0 spiro atoms. The zero-order valence-electron chi connectivity index (χ0n) is 24.9. The Kier molecular flexibility index (Phi) is 7.22. The van der Waals surface area contributed by atoms with Crippen molar-refractivity contribution in [1.82, 2.24) is 14.8 Å². The van der Waals surface area contributed by atoms with Gasteiger partial charge >= 0.3 is 0 Å². The molecule has 1 amide bonds. The molecule has 7 rings (SSSR count). The van der Waals surface area contributed by atoms with E-state index in [1.54, 1.807) is 4.90 Å². The van der Waals surface area contributed by atoms with Crippen molar-refractivity contribution in [2.75, 3.05) is 44.7 Å². The molecule has 2 aliphatic carbocycles. The predicted octanol–water partition coefficient (Wildman–Crippen LogP) is 5.16. The first-order chi connectivity index (χ1) is 21.4. The summed E-state index contributed by atoms with van der Waals surface area (Å²) in [4.78, 5) is 23.2. The maximum absolute atomic E-state index is 16.8. The average molecular weight is 591 g/mol. The Morgan fingerprint density at radius 3 is 2.80 bits per heavy atom. The van der Waals surface area contributed by atoms with Crippen molar-refractivity contribution in [3.8, 4) is 29.1 Å². The Morgan fingerprint density at radius 1 is 1.18 bits per heavy atom. The molecule has 2 aliphatic heterocycles. The largest absolute Gasteiger partial charge is 0.475 e. The summed E-state index contributed by atoms with van der Waals surface area (Å²) in [5, 5.41) is 20.6. The van der Waals surface area contributed by atoms with Crippen LogP contribution in [0.15, 0.2) is 43.0 Å². The third kappa shape index (κ3) is 4.67. The van der Waals surface area contributed by atoms with Gasteiger partial charge in [0.05, 0.1) is 24.2 Å². The van der Waals surface area contributed by atoms with Gasteiger partial charge in [0.2, 0.25) is 11.8 Å². The summed E-state index contributed by atoms with van der Waals surface area (Å²) in [5.74, 6) is 0.614. The molecule has 1 saturated carbocycles. The van der Waals surface area contributed by atoms with E-state index >= 15 is 4.39 Å². The van der Waals surface area contributed by atoms with E-state index in [-0.39, 0.29) is 35.3 Å². The number of likely N-dealkylation sites (N-methyl/N-ethyl adjacent to an activating group) is 1. The predicted molar refractivity (Wildman–Crippen MR) is 166 cm³/mol. The number of benzene rings is 2. The van der Waals surface area contributed by atoms with Crippen molar-refractivity contribution in [3.05, 3.63) is 65.5 Å². The van der Waals surface area contributed by atoms with Crippen LogP contribution in [0.5, 0.6) is 5.88 Å². The minimum atomic E-state index is -0.428. The van der Waals surface area contributed by atoms with E-state index in [4.69, 9.17) is 9.72 Å². The number of carbonyl (C=O) groups is 1. The van der Waals surface area contributed by atoms with Gasteiger partial charge in [-0.1, -0.05) is 30.8 Å². The number of hydrogen-bond donors (Lipinski definition) is 0. The molecule has 0 N–H and O–H groups in total. The van der Waals surface area contributed by atoms with Gasteiger partial charge in [0.25, 0.3) is 0 Å². The van der Waals surface area contributed by atoms with Crippen molar-refractivity contribution < 1.29 is 13.9 Å². The molecular weight excluding hydrogens is 555 g/mol. The summed E-state index contributed by atoms with van der Waals surface area (Å²) in [6.45, 7) is 5.99. The van der Waals surface area contributed by atoms with Crippen molar-refractivity contribution in [2.24, 2.45) is 5.92 Å². The highest BCUT2D eigenvalue weighted by molar-refractivity contribution is 5.99. The van der Waals surface area contributed by atoms with E-state index in [2.05, 4.69) is 36.7 Å². The van der Waals surface area contributed by atoms with Crippen LogP contribution in [-0.2, 0) is 11.2 Å². The molecule has 4 atom stereocenters. The van der Waals surface area contributed by atoms with Gasteiger partial charge in [0, 0.05) is 36.6 Å². The smallest absolute Gasteiger partial charge is 0.246 e. The Bertz CT molecular complexity index is 1760. The van der Waals surface area contributed by atoms with Crippen LogP contribution in [0.25, 0.3) is 22.0 Å². The maximum Gasteiger partial charge on any atom is 0.246 e. The molecule has 8 nitrogen and oxygen atoms in total. The fraction of sp³-hybridized carbons (Fsp3) is 0.429. The Hall–Kier alpha value is -4.47. The number of aromatic nitrogens is 1. The van der Waals surface area contributed by atoms with Gasteiger partial charge in [-0.3, -0.25) is 4.79 Å². The van der Waals surface area contributed by atoms with Gasteiger partial charge in [-0.2, -0.15) is 10.5 Å². The number of pyridine rings is 1. The van der Waals surface area contributed by atoms with Crippen LogP contribution in [0, 0.1) is 34.4 Å². The van der Waals surface area contributed by atoms with Gasteiger partial charge in [0.1, 0.15) is 23.8 Å². The average Bonchev–Trinajstić information content (AvgIpc) is 3.51. The number of hydrogen-bond acceptors (Lipinski definition) is 7. The molecule has 44 heavy (non-hydrogen) atoms. The molecule has 1 aromatic heterocycles. The monoisotopic (exact) mass is 590 g/mol. The highest BCUT2D eigenvalue weighted by Gasteiger charge is 2.46. The third-order valence-corrected chi connectivity index (χ3v) is 10.1. The summed E-state index contributed by atoms with van der Waals surface area (Å²) in [7, 11) is 2.06. The van der Waals surface area contributed by atoms with Crippen molar-refractivity contribution in [2.45, 2.75) is 50.1 Å². The number of carbonyl (C=O) groups excluding carboxylic acids is 1. The van der Waals surface area contributed by atoms with Crippen LogP contribution in [-0.4, -0.2) is 72.6 Å². The number of anilines is 1. The van der Waals surface area contributed by atoms with Crippen LogP contribution >= 0.6 is 0 Å². The molecular formula is C35H35FN6O2. The van der Waals surface area contributed by atoms with Gasteiger partial charge in [-0.15, -0.1) is 0 Å². The second-order valence-electron chi connectivity index (χ2n) is 12.5. The Morgan fingerprint density at radius 2 is 2.05 bits per heavy atom.